The summed E-state index contributed by atoms with van der Waals surface area (Å²) in [6.45, 7) is 0.423. The molecular weight excluding hydrogens is 196 g/mol. The Labute approximate surface area is 75.7 Å². The summed E-state index contributed by atoms with van der Waals surface area (Å²) in [7, 11) is -3.05. The first kappa shape index (κ1) is 9.63. The quantitative estimate of drug-likeness (QED) is 0.767. The molecule has 6 heteroatoms. The molecule has 0 saturated carbocycles. The van der Waals surface area contributed by atoms with E-state index in [2.05, 4.69) is 9.71 Å². The molecular formula is C6H10N2O2S2. The number of aromatic nitrogens is 1. The van der Waals surface area contributed by atoms with Gasteiger partial charge in [0.1, 0.15) is 0 Å². The van der Waals surface area contributed by atoms with Crippen LogP contribution in [0.25, 0.3) is 0 Å². The van der Waals surface area contributed by atoms with Gasteiger partial charge >= 0.3 is 0 Å². The predicted octanol–water partition coefficient (Wildman–Crippen LogP) is 0.235. The third-order valence-electron chi connectivity index (χ3n) is 1.19. The van der Waals surface area contributed by atoms with Gasteiger partial charge in [0.2, 0.25) is 10.0 Å². The van der Waals surface area contributed by atoms with Crippen LogP contribution in [0.15, 0.2) is 11.6 Å². The van der Waals surface area contributed by atoms with E-state index >= 15 is 0 Å². The Balaban J connectivity index is 2.29. The van der Waals surface area contributed by atoms with Crippen molar-refractivity contribution in [1.29, 1.82) is 0 Å². The topological polar surface area (TPSA) is 59.1 Å². The number of nitrogens with zero attached hydrogens (tertiary/aromatic N) is 1. The van der Waals surface area contributed by atoms with Crippen LogP contribution >= 0.6 is 11.3 Å². The van der Waals surface area contributed by atoms with Crippen molar-refractivity contribution in [2.75, 3.05) is 12.8 Å². The van der Waals surface area contributed by atoms with E-state index in [-0.39, 0.29) is 0 Å². The maximum absolute atomic E-state index is 10.6. The Morgan fingerprint density at radius 1 is 1.67 bits per heavy atom. The lowest BCUT2D eigenvalue weighted by Crippen LogP contribution is -2.24. The van der Waals surface area contributed by atoms with Crippen LogP contribution in [0.3, 0.4) is 0 Å². The van der Waals surface area contributed by atoms with Gasteiger partial charge in [-0.05, 0) is 0 Å². The highest BCUT2D eigenvalue weighted by molar-refractivity contribution is 7.88. The lowest BCUT2D eigenvalue weighted by Gasteiger charge is -1.98. The van der Waals surface area contributed by atoms with Gasteiger partial charge in [0.05, 0.1) is 11.3 Å². The normalized spacial score (nSPS) is 11.8. The van der Waals surface area contributed by atoms with E-state index < -0.39 is 10.0 Å². The molecule has 1 aromatic heterocycles. The van der Waals surface area contributed by atoms with Gasteiger partial charge < -0.3 is 0 Å². The molecule has 0 radical (unpaired) electrons. The smallest absolute Gasteiger partial charge is 0.208 e. The van der Waals surface area contributed by atoms with Crippen LogP contribution < -0.4 is 4.72 Å². The number of sulfonamides is 1. The number of thiazole rings is 1. The van der Waals surface area contributed by atoms with Gasteiger partial charge in [-0.2, -0.15) is 0 Å². The summed E-state index contributed by atoms with van der Waals surface area (Å²) in [6.07, 6.45) is 3.51. The first-order valence-corrected chi connectivity index (χ1v) is 6.18. The second kappa shape index (κ2) is 3.97. The van der Waals surface area contributed by atoms with Crippen molar-refractivity contribution in [3.05, 3.63) is 16.6 Å². The van der Waals surface area contributed by atoms with Crippen molar-refractivity contribution in [3.8, 4) is 0 Å². The molecule has 0 aliphatic heterocycles. The Morgan fingerprint density at radius 3 is 2.92 bits per heavy atom. The third kappa shape index (κ3) is 3.80. The van der Waals surface area contributed by atoms with Gasteiger partial charge in [0.25, 0.3) is 0 Å². The Morgan fingerprint density at radius 2 is 2.42 bits per heavy atom. The van der Waals surface area contributed by atoms with Crippen LogP contribution in [-0.4, -0.2) is 26.2 Å². The molecule has 1 N–H and O–H groups in total. The standard InChI is InChI=1S/C6H10N2O2S2/c1-12(9,10)8-3-2-6-7-4-5-11-6/h4-5,8H,2-3H2,1H3. The summed E-state index contributed by atoms with van der Waals surface area (Å²) in [4.78, 5) is 4.02. The van der Waals surface area contributed by atoms with Crippen molar-refractivity contribution in [1.82, 2.24) is 9.71 Å². The highest BCUT2D eigenvalue weighted by Gasteiger charge is 2.00. The number of nitrogens with one attached hydrogen (secondary N) is 1. The average Bonchev–Trinajstić information content (AvgIpc) is 2.36. The van der Waals surface area contributed by atoms with Crippen molar-refractivity contribution in [3.63, 3.8) is 0 Å². The van der Waals surface area contributed by atoms with E-state index in [1.165, 1.54) is 11.3 Å². The Kier molecular flexibility index (Phi) is 3.19. The van der Waals surface area contributed by atoms with Gasteiger partial charge in [-0.1, -0.05) is 0 Å². The molecule has 0 atom stereocenters. The summed E-state index contributed by atoms with van der Waals surface area (Å²) in [5.41, 5.74) is 0. The van der Waals surface area contributed by atoms with Crippen LogP contribution in [-0.2, 0) is 16.4 Å². The van der Waals surface area contributed by atoms with Crippen LogP contribution in [0.4, 0.5) is 0 Å². The summed E-state index contributed by atoms with van der Waals surface area (Å²) < 4.78 is 23.7. The molecule has 1 rings (SSSR count). The molecule has 4 nitrogen and oxygen atoms in total. The molecule has 0 unspecified atom stereocenters. The minimum atomic E-state index is -3.05. The molecule has 0 aliphatic rings. The molecule has 0 aliphatic carbocycles. The minimum absolute atomic E-state index is 0.423. The summed E-state index contributed by atoms with van der Waals surface area (Å²) in [5, 5.41) is 2.82. The summed E-state index contributed by atoms with van der Waals surface area (Å²) >= 11 is 1.53. The van der Waals surface area contributed by atoms with E-state index in [9.17, 15) is 8.42 Å². The minimum Gasteiger partial charge on any atom is -0.250 e. The second-order valence-corrected chi connectivity index (χ2v) is 5.15. The van der Waals surface area contributed by atoms with Gasteiger partial charge in [0, 0.05) is 24.5 Å². The average molecular weight is 206 g/mol. The fourth-order valence-electron chi connectivity index (χ4n) is 0.720. The van der Waals surface area contributed by atoms with Crippen LogP contribution in [0.5, 0.6) is 0 Å². The first-order valence-electron chi connectivity index (χ1n) is 3.41. The summed E-state index contributed by atoms with van der Waals surface area (Å²) in [6, 6.07) is 0. The van der Waals surface area contributed by atoms with Gasteiger partial charge in [-0.3, -0.25) is 0 Å². The fourth-order valence-corrected chi connectivity index (χ4v) is 1.81. The number of hydrogen-bond acceptors (Lipinski definition) is 4. The van der Waals surface area contributed by atoms with Crippen molar-refractivity contribution < 1.29 is 8.42 Å². The highest BCUT2D eigenvalue weighted by Crippen LogP contribution is 2.03. The number of rotatable bonds is 4. The van der Waals surface area contributed by atoms with E-state index in [1.807, 2.05) is 5.38 Å². The number of hydrogen-bond donors (Lipinski definition) is 1. The van der Waals surface area contributed by atoms with E-state index in [0.717, 1.165) is 11.3 Å². The van der Waals surface area contributed by atoms with Crippen LogP contribution in [0.1, 0.15) is 5.01 Å². The van der Waals surface area contributed by atoms with Crippen molar-refractivity contribution in [2.45, 2.75) is 6.42 Å². The lowest BCUT2D eigenvalue weighted by atomic mass is 10.5. The van der Waals surface area contributed by atoms with Crippen molar-refractivity contribution in [2.24, 2.45) is 0 Å². The van der Waals surface area contributed by atoms with Crippen molar-refractivity contribution >= 4 is 21.4 Å². The summed E-state index contributed by atoms with van der Waals surface area (Å²) in [5.74, 6) is 0. The maximum atomic E-state index is 10.6. The third-order valence-corrected chi connectivity index (χ3v) is 2.75. The highest BCUT2D eigenvalue weighted by atomic mass is 32.2. The van der Waals surface area contributed by atoms with Gasteiger partial charge in [-0.15, -0.1) is 11.3 Å². The largest absolute Gasteiger partial charge is 0.250 e. The second-order valence-electron chi connectivity index (χ2n) is 2.34. The van der Waals surface area contributed by atoms with E-state index in [4.69, 9.17) is 0 Å². The molecule has 68 valence electrons. The van der Waals surface area contributed by atoms with E-state index in [0.29, 0.717) is 13.0 Å². The van der Waals surface area contributed by atoms with Gasteiger partial charge in [0.15, 0.2) is 0 Å². The van der Waals surface area contributed by atoms with Crippen LogP contribution in [0.2, 0.25) is 0 Å². The first-order chi connectivity index (χ1) is 5.58. The molecule has 0 aromatic carbocycles. The molecule has 0 fully saturated rings. The molecule has 12 heavy (non-hydrogen) atoms. The molecule has 0 saturated heterocycles. The molecule has 0 spiro atoms. The maximum Gasteiger partial charge on any atom is 0.208 e. The Hall–Kier alpha value is -0.460. The van der Waals surface area contributed by atoms with Crippen LogP contribution in [0, 0.1) is 0 Å². The monoisotopic (exact) mass is 206 g/mol. The molecule has 0 bridgehead atoms. The zero-order valence-corrected chi connectivity index (χ0v) is 8.28. The predicted molar refractivity (Wildman–Crippen MR) is 48.7 cm³/mol. The molecule has 0 amide bonds. The Bertz CT molecular complexity index is 317. The fraction of sp³-hybridized carbons (Fsp3) is 0.500. The molecule has 1 heterocycles. The SMILES string of the molecule is CS(=O)(=O)NCCc1nccs1. The molecule has 1 aromatic rings. The van der Waals surface area contributed by atoms with E-state index in [1.54, 1.807) is 6.20 Å². The zero-order valence-electron chi connectivity index (χ0n) is 6.65. The zero-order chi connectivity index (χ0) is 9.03. The lowest BCUT2D eigenvalue weighted by molar-refractivity contribution is 0.588. The van der Waals surface area contributed by atoms with Gasteiger partial charge in [-0.25, -0.2) is 18.1 Å².